The van der Waals surface area contributed by atoms with E-state index in [4.69, 9.17) is 0 Å². The Hall–Kier alpha value is -0.630. The smallest absolute Gasteiger partial charge is 0.0351 e. The maximum absolute atomic E-state index is 3.51. The number of benzene rings is 1. The van der Waals surface area contributed by atoms with Crippen LogP contribution in [0, 0.1) is 0 Å². The molecular weight excluding hydrogens is 238 g/mol. The molecular formula is C16H27NS. The largest absolute Gasteiger partial charge is 0.385 e. The van der Waals surface area contributed by atoms with E-state index in [1.165, 1.54) is 55.5 Å². The summed E-state index contributed by atoms with van der Waals surface area (Å²) in [6.45, 7) is 3.37. The Morgan fingerprint density at radius 2 is 1.72 bits per heavy atom. The molecule has 1 aromatic rings. The highest BCUT2D eigenvalue weighted by Gasteiger charge is 1.94. The summed E-state index contributed by atoms with van der Waals surface area (Å²) in [4.78, 5) is 1.33. The summed E-state index contributed by atoms with van der Waals surface area (Å²) in [5, 5.41) is 3.51. The topological polar surface area (TPSA) is 12.0 Å². The maximum Gasteiger partial charge on any atom is 0.0351 e. The van der Waals surface area contributed by atoms with E-state index in [0.29, 0.717) is 0 Å². The van der Waals surface area contributed by atoms with Gasteiger partial charge in [0, 0.05) is 17.1 Å². The molecule has 0 radical (unpaired) electrons. The predicted octanol–water partition coefficient (Wildman–Crippen LogP) is 5.57. The minimum absolute atomic E-state index is 1.10. The number of hydrogen-bond acceptors (Lipinski definition) is 2. The summed E-state index contributed by atoms with van der Waals surface area (Å²) in [6.07, 6.45) is 11.7. The summed E-state index contributed by atoms with van der Waals surface area (Å²) >= 11 is 1.80. The molecule has 0 atom stereocenters. The molecule has 0 aliphatic carbocycles. The highest BCUT2D eigenvalue weighted by atomic mass is 32.2. The Morgan fingerprint density at radius 3 is 2.44 bits per heavy atom. The van der Waals surface area contributed by atoms with Gasteiger partial charge in [-0.05, 0) is 30.9 Å². The first-order chi connectivity index (χ1) is 8.86. The molecule has 0 amide bonds. The molecule has 1 rings (SSSR count). The Bertz CT molecular complexity index is 312. The number of anilines is 1. The summed E-state index contributed by atoms with van der Waals surface area (Å²) in [5.74, 6) is 0. The van der Waals surface area contributed by atoms with Crippen molar-refractivity contribution in [1.82, 2.24) is 0 Å². The monoisotopic (exact) mass is 265 g/mol. The van der Waals surface area contributed by atoms with Gasteiger partial charge in [-0.2, -0.15) is 0 Å². The molecule has 102 valence electrons. The van der Waals surface area contributed by atoms with Crippen LogP contribution in [-0.4, -0.2) is 12.8 Å². The van der Waals surface area contributed by atoms with Crippen molar-refractivity contribution in [2.24, 2.45) is 0 Å². The average molecular weight is 265 g/mol. The number of thioether (sulfide) groups is 1. The van der Waals surface area contributed by atoms with Gasteiger partial charge >= 0.3 is 0 Å². The minimum atomic E-state index is 1.10. The van der Waals surface area contributed by atoms with E-state index in [1.807, 2.05) is 0 Å². The van der Waals surface area contributed by atoms with Crippen LogP contribution < -0.4 is 5.32 Å². The van der Waals surface area contributed by atoms with Gasteiger partial charge in [0.25, 0.3) is 0 Å². The van der Waals surface area contributed by atoms with Crippen molar-refractivity contribution in [3.05, 3.63) is 24.3 Å². The van der Waals surface area contributed by atoms with Gasteiger partial charge in [-0.15, -0.1) is 11.8 Å². The molecule has 0 aromatic heterocycles. The van der Waals surface area contributed by atoms with Gasteiger partial charge in [0.2, 0.25) is 0 Å². The van der Waals surface area contributed by atoms with Crippen LogP contribution in [0.1, 0.15) is 51.9 Å². The molecule has 1 aromatic carbocycles. The van der Waals surface area contributed by atoms with E-state index in [-0.39, 0.29) is 0 Å². The molecule has 0 spiro atoms. The molecule has 0 bridgehead atoms. The molecule has 0 unspecified atom stereocenters. The second-order valence-electron chi connectivity index (χ2n) is 4.78. The van der Waals surface area contributed by atoms with Crippen LogP contribution in [0.2, 0.25) is 0 Å². The summed E-state index contributed by atoms with van der Waals surface area (Å²) in [5.41, 5.74) is 1.26. The van der Waals surface area contributed by atoms with Crippen LogP contribution in [0.3, 0.4) is 0 Å². The van der Waals surface area contributed by atoms with Crippen molar-refractivity contribution in [2.75, 3.05) is 18.1 Å². The van der Waals surface area contributed by atoms with E-state index < -0.39 is 0 Å². The average Bonchev–Trinajstić information content (AvgIpc) is 2.42. The lowest BCUT2D eigenvalue weighted by Gasteiger charge is -2.07. The van der Waals surface area contributed by atoms with E-state index >= 15 is 0 Å². The fourth-order valence-electron chi connectivity index (χ4n) is 2.05. The van der Waals surface area contributed by atoms with Crippen molar-refractivity contribution < 1.29 is 0 Å². The molecule has 1 N–H and O–H groups in total. The lowest BCUT2D eigenvalue weighted by molar-refractivity contribution is 0.596. The second kappa shape index (κ2) is 10.3. The van der Waals surface area contributed by atoms with E-state index in [9.17, 15) is 0 Å². The van der Waals surface area contributed by atoms with Crippen LogP contribution >= 0.6 is 11.8 Å². The van der Waals surface area contributed by atoms with Gasteiger partial charge in [0.15, 0.2) is 0 Å². The number of nitrogens with one attached hydrogen (secondary N) is 1. The molecule has 0 aliphatic heterocycles. The first-order valence-electron chi connectivity index (χ1n) is 7.24. The number of unbranched alkanes of at least 4 members (excludes halogenated alkanes) is 6. The summed E-state index contributed by atoms with van der Waals surface area (Å²) in [7, 11) is 0. The standard InChI is InChI=1S/C16H27NS/c1-3-4-5-6-7-8-9-13-17-15-11-10-12-16(14-15)18-2/h10-12,14,17H,3-9,13H2,1-2H3. The lowest BCUT2D eigenvalue weighted by Crippen LogP contribution is -2.01. The summed E-state index contributed by atoms with van der Waals surface area (Å²) in [6, 6.07) is 8.66. The molecule has 2 heteroatoms. The SMILES string of the molecule is CCCCCCCCCNc1cccc(SC)c1. The third-order valence-electron chi connectivity index (χ3n) is 3.18. The quantitative estimate of drug-likeness (QED) is 0.438. The zero-order valence-corrected chi connectivity index (χ0v) is 12.7. The van der Waals surface area contributed by atoms with Crippen LogP contribution in [0.25, 0.3) is 0 Å². The van der Waals surface area contributed by atoms with Gasteiger partial charge in [0.05, 0.1) is 0 Å². The van der Waals surface area contributed by atoms with Gasteiger partial charge in [-0.1, -0.05) is 51.5 Å². The lowest BCUT2D eigenvalue weighted by atomic mass is 10.1. The van der Waals surface area contributed by atoms with Gasteiger partial charge < -0.3 is 5.32 Å². The van der Waals surface area contributed by atoms with Crippen molar-refractivity contribution >= 4 is 17.4 Å². The van der Waals surface area contributed by atoms with Crippen molar-refractivity contribution in [3.8, 4) is 0 Å². The van der Waals surface area contributed by atoms with Crippen LogP contribution in [-0.2, 0) is 0 Å². The van der Waals surface area contributed by atoms with Gasteiger partial charge in [-0.25, -0.2) is 0 Å². The Morgan fingerprint density at radius 1 is 1.00 bits per heavy atom. The Balaban J connectivity index is 2.03. The second-order valence-corrected chi connectivity index (χ2v) is 5.66. The molecule has 0 heterocycles. The third-order valence-corrected chi connectivity index (χ3v) is 3.90. The molecule has 0 saturated carbocycles. The minimum Gasteiger partial charge on any atom is -0.385 e. The molecule has 0 saturated heterocycles. The summed E-state index contributed by atoms with van der Waals surface area (Å²) < 4.78 is 0. The van der Waals surface area contributed by atoms with E-state index in [0.717, 1.165) is 6.54 Å². The first-order valence-corrected chi connectivity index (χ1v) is 8.47. The third kappa shape index (κ3) is 6.95. The maximum atomic E-state index is 3.51. The van der Waals surface area contributed by atoms with Crippen LogP contribution in [0.5, 0.6) is 0 Å². The number of hydrogen-bond donors (Lipinski definition) is 1. The van der Waals surface area contributed by atoms with Crippen molar-refractivity contribution in [3.63, 3.8) is 0 Å². The van der Waals surface area contributed by atoms with Gasteiger partial charge in [-0.3, -0.25) is 0 Å². The fourth-order valence-corrected chi connectivity index (χ4v) is 2.51. The normalized spacial score (nSPS) is 10.6. The van der Waals surface area contributed by atoms with Crippen LogP contribution in [0.4, 0.5) is 5.69 Å². The highest BCUT2D eigenvalue weighted by molar-refractivity contribution is 7.98. The fraction of sp³-hybridized carbons (Fsp3) is 0.625. The van der Waals surface area contributed by atoms with E-state index in [2.05, 4.69) is 42.8 Å². The van der Waals surface area contributed by atoms with Crippen molar-refractivity contribution in [2.45, 2.75) is 56.8 Å². The van der Waals surface area contributed by atoms with E-state index in [1.54, 1.807) is 11.8 Å². The molecule has 0 fully saturated rings. The van der Waals surface area contributed by atoms with Crippen molar-refractivity contribution in [1.29, 1.82) is 0 Å². The highest BCUT2D eigenvalue weighted by Crippen LogP contribution is 2.19. The molecule has 18 heavy (non-hydrogen) atoms. The first kappa shape index (κ1) is 15.4. The predicted molar refractivity (Wildman–Crippen MR) is 84.7 cm³/mol. The molecule has 0 aliphatic rings. The zero-order chi connectivity index (χ0) is 13.1. The van der Waals surface area contributed by atoms with Gasteiger partial charge in [0.1, 0.15) is 0 Å². The Labute approximate surface area is 117 Å². The zero-order valence-electron chi connectivity index (χ0n) is 11.9. The Kier molecular flexibility index (Phi) is 8.83. The van der Waals surface area contributed by atoms with Crippen LogP contribution in [0.15, 0.2) is 29.2 Å². The number of rotatable bonds is 10. The molecule has 1 nitrogen and oxygen atoms in total.